The summed E-state index contributed by atoms with van der Waals surface area (Å²) in [6, 6.07) is 0. The molecule has 0 aliphatic carbocycles. The van der Waals surface area contributed by atoms with Crippen LogP contribution in [0.2, 0.25) is 0 Å². The fourth-order valence-electron chi connectivity index (χ4n) is 1.18. The average molecular weight is 203 g/mol. The van der Waals surface area contributed by atoms with Crippen molar-refractivity contribution in [2.45, 2.75) is 13.0 Å². The molecule has 1 unspecified atom stereocenters. The number of carboxylic acid groups (broad SMARTS) is 1. The first-order valence-electron chi connectivity index (χ1n) is 4.41. The predicted octanol–water partition coefficient (Wildman–Crippen LogP) is -0.0717. The largest absolute Gasteiger partial charge is 0.479 e. The fourth-order valence-corrected chi connectivity index (χ4v) is 1.18. The quantitative estimate of drug-likeness (QED) is 0.679. The number of carbonyl (C=O) groups is 2. The molecule has 1 saturated heterocycles. The molecule has 0 aromatic heterocycles. The number of rotatable bonds is 2. The van der Waals surface area contributed by atoms with Crippen LogP contribution in [0.3, 0.4) is 0 Å². The van der Waals surface area contributed by atoms with E-state index in [-0.39, 0.29) is 19.8 Å². The van der Waals surface area contributed by atoms with Crippen LogP contribution >= 0.6 is 0 Å². The lowest BCUT2D eigenvalue weighted by Crippen LogP contribution is -2.48. The molecule has 80 valence electrons. The van der Waals surface area contributed by atoms with Crippen LogP contribution in [0.25, 0.3) is 0 Å². The monoisotopic (exact) mass is 203 g/mol. The zero-order chi connectivity index (χ0) is 10.6. The summed E-state index contributed by atoms with van der Waals surface area (Å²) in [5.41, 5.74) is 0. The predicted molar refractivity (Wildman–Crippen MR) is 46.0 cm³/mol. The van der Waals surface area contributed by atoms with Crippen LogP contribution in [-0.2, 0) is 14.3 Å². The van der Waals surface area contributed by atoms with Gasteiger partial charge in [0.1, 0.15) is 0 Å². The summed E-state index contributed by atoms with van der Waals surface area (Å²) in [6.07, 6.45) is -1.42. The van der Waals surface area contributed by atoms with Gasteiger partial charge in [0.2, 0.25) is 0 Å². The molecule has 6 nitrogen and oxygen atoms in total. The van der Waals surface area contributed by atoms with Crippen molar-refractivity contribution in [2.24, 2.45) is 0 Å². The van der Waals surface area contributed by atoms with Crippen LogP contribution in [0.4, 0.5) is 4.79 Å². The first-order valence-corrected chi connectivity index (χ1v) is 4.41. The molecule has 1 atom stereocenters. The molecule has 1 aliphatic heterocycles. The Morgan fingerprint density at radius 3 is 2.93 bits per heavy atom. The lowest BCUT2D eigenvalue weighted by molar-refractivity contribution is -0.155. The summed E-state index contributed by atoms with van der Waals surface area (Å²) >= 11 is 0. The van der Waals surface area contributed by atoms with Crippen molar-refractivity contribution in [2.75, 3.05) is 26.3 Å². The van der Waals surface area contributed by atoms with Gasteiger partial charge in [0.05, 0.1) is 19.8 Å². The number of morpholine rings is 1. The number of carboxylic acids is 1. The zero-order valence-electron chi connectivity index (χ0n) is 7.93. The van der Waals surface area contributed by atoms with Crippen molar-refractivity contribution in [3.05, 3.63) is 0 Å². The number of hydrogen-bond donors (Lipinski definition) is 1. The molecular formula is C8H13NO5. The Balaban J connectivity index is 2.47. The van der Waals surface area contributed by atoms with Crippen LogP contribution in [0.15, 0.2) is 0 Å². The number of ether oxygens (including phenoxy) is 2. The maximum atomic E-state index is 11.2. The Bertz CT molecular complexity index is 230. The smallest absolute Gasteiger partial charge is 0.409 e. The van der Waals surface area contributed by atoms with Gasteiger partial charge in [-0.25, -0.2) is 9.59 Å². The number of amides is 1. The van der Waals surface area contributed by atoms with Crippen molar-refractivity contribution >= 4 is 12.1 Å². The third-order valence-corrected chi connectivity index (χ3v) is 1.87. The standard InChI is InChI=1S/C8H13NO5/c1-2-13-8(12)9-3-4-14-6(5-9)7(10)11/h6H,2-5H2,1H3,(H,10,11). The molecule has 0 bridgehead atoms. The van der Waals surface area contributed by atoms with Gasteiger partial charge in [-0.1, -0.05) is 0 Å². The lowest BCUT2D eigenvalue weighted by atomic mass is 10.3. The number of aliphatic carboxylic acids is 1. The molecular weight excluding hydrogens is 190 g/mol. The average Bonchev–Trinajstić information content (AvgIpc) is 2.18. The molecule has 0 saturated carbocycles. The Hall–Kier alpha value is -1.30. The van der Waals surface area contributed by atoms with Crippen LogP contribution in [-0.4, -0.2) is 54.5 Å². The summed E-state index contributed by atoms with van der Waals surface area (Å²) in [7, 11) is 0. The minimum absolute atomic E-state index is 0.0498. The number of carbonyl (C=O) groups excluding carboxylic acids is 1. The zero-order valence-corrected chi connectivity index (χ0v) is 7.93. The SMILES string of the molecule is CCOC(=O)N1CCOC(C(=O)O)C1. The van der Waals surface area contributed by atoms with Crippen molar-refractivity contribution < 1.29 is 24.2 Å². The van der Waals surface area contributed by atoms with Crippen molar-refractivity contribution in [3.8, 4) is 0 Å². The second kappa shape index (κ2) is 4.80. The molecule has 1 heterocycles. The van der Waals surface area contributed by atoms with Crippen molar-refractivity contribution in [1.82, 2.24) is 4.90 Å². The highest BCUT2D eigenvalue weighted by molar-refractivity contribution is 5.74. The maximum Gasteiger partial charge on any atom is 0.409 e. The van der Waals surface area contributed by atoms with E-state index >= 15 is 0 Å². The topological polar surface area (TPSA) is 76.1 Å². The van der Waals surface area contributed by atoms with E-state index in [1.54, 1.807) is 6.92 Å². The van der Waals surface area contributed by atoms with Gasteiger partial charge in [-0.2, -0.15) is 0 Å². The molecule has 14 heavy (non-hydrogen) atoms. The van der Waals surface area contributed by atoms with Gasteiger partial charge >= 0.3 is 12.1 Å². The summed E-state index contributed by atoms with van der Waals surface area (Å²) in [5.74, 6) is -1.06. The Morgan fingerprint density at radius 2 is 2.36 bits per heavy atom. The van der Waals surface area contributed by atoms with Crippen LogP contribution in [0.5, 0.6) is 0 Å². The van der Waals surface area contributed by atoms with Gasteiger partial charge in [0.15, 0.2) is 6.10 Å². The van der Waals surface area contributed by atoms with Gasteiger partial charge in [0.25, 0.3) is 0 Å². The summed E-state index contributed by atoms with van der Waals surface area (Å²) in [6.45, 7) is 2.65. The summed E-state index contributed by atoms with van der Waals surface area (Å²) in [5, 5.41) is 8.66. The maximum absolute atomic E-state index is 11.2. The van der Waals surface area contributed by atoms with Gasteiger partial charge in [-0.3, -0.25) is 0 Å². The van der Waals surface area contributed by atoms with E-state index in [2.05, 4.69) is 0 Å². The van der Waals surface area contributed by atoms with E-state index in [1.165, 1.54) is 4.90 Å². The van der Waals surface area contributed by atoms with Gasteiger partial charge in [-0.05, 0) is 6.92 Å². The minimum atomic E-state index is -1.06. The van der Waals surface area contributed by atoms with E-state index in [9.17, 15) is 9.59 Å². The van der Waals surface area contributed by atoms with Gasteiger partial charge in [0, 0.05) is 6.54 Å². The Morgan fingerprint density at radius 1 is 1.64 bits per heavy atom. The van der Waals surface area contributed by atoms with E-state index < -0.39 is 18.2 Å². The second-order valence-corrected chi connectivity index (χ2v) is 2.84. The van der Waals surface area contributed by atoms with Crippen LogP contribution in [0, 0.1) is 0 Å². The molecule has 0 radical (unpaired) electrons. The highest BCUT2D eigenvalue weighted by atomic mass is 16.6. The molecule has 0 spiro atoms. The van der Waals surface area contributed by atoms with E-state index in [0.717, 1.165) is 0 Å². The molecule has 1 fully saturated rings. The molecule has 0 aromatic rings. The van der Waals surface area contributed by atoms with E-state index in [1.807, 2.05) is 0 Å². The number of hydrogen-bond acceptors (Lipinski definition) is 4. The molecule has 1 rings (SSSR count). The third kappa shape index (κ3) is 2.59. The summed E-state index contributed by atoms with van der Waals surface area (Å²) in [4.78, 5) is 23.1. The third-order valence-electron chi connectivity index (χ3n) is 1.87. The fraction of sp³-hybridized carbons (Fsp3) is 0.750. The first-order chi connectivity index (χ1) is 6.65. The minimum Gasteiger partial charge on any atom is -0.479 e. The number of nitrogens with zero attached hydrogens (tertiary/aromatic N) is 1. The Kier molecular flexibility index (Phi) is 3.70. The molecule has 6 heteroatoms. The van der Waals surface area contributed by atoms with E-state index in [4.69, 9.17) is 14.6 Å². The Labute approximate surface area is 81.4 Å². The van der Waals surface area contributed by atoms with Crippen molar-refractivity contribution in [3.63, 3.8) is 0 Å². The van der Waals surface area contributed by atoms with Crippen molar-refractivity contribution in [1.29, 1.82) is 0 Å². The normalized spacial score (nSPS) is 21.8. The molecule has 1 aliphatic rings. The van der Waals surface area contributed by atoms with Crippen LogP contribution in [0.1, 0.15) is 6.92 Å². The molecule has 0 aromatic carbocycles. The lowest BCUT2D eigenvalue weighted by Gasteiger charge is -2.29. The molecule has 1 amide bonds. The van der Waals surface area contributed by atoms with Gasteiger partial charge < -0.3 is 19.5 Å². The summed E-state index contributed by atoms with van der Waals surface area (Å²) < 4.78 is 9.70. The van der Waals surface area contributed by atoms with E-state index in [0.29, 0.717) is 6.54 Å². The van der Waals surface area contributed by atoms with Gasteiger partial charge in [-0.15, -0.1) is 0 Å². The van der Waals surface area contributed by atoms with Crippen LogP contribution < -0.4 is 0 Å². The molecule has 1 N–H and O–H groups in total. The second-order valence-electron chi connectivity index (χ2n) is 2.84. The highest BCUT2D eigenvalue weighted by Gasteiger charge is 2.29. The highest BCUT2D eigenvalue weighted by Crippen LogP contribution is 2.06. The first kappa shape index (κ1) is 10.8.